The highest BCUT2D eigenvalue weighted by molar-refractivity contribution is 14.1. The molecular weight excluding hydrogens is 401 g/mol. The standard InChI is InChI=1S/C18H18IN3O/c1-12(2)9-17(23)21-18-15-6-4-3-5-13(15)10-22-11-14(19)7-8-16(22)20-18/h3-8,11-12H,9-10H2,1-2H3. The SMILES string of the molecule is CC(C)CC(=O)N=C1N=C2C=CC(I)=CN2Cc2ccccc21. The Balaban J connectivity index is 2.06. The zero-order valence-corrected chi connectivity index (χ0v) is 15.3. The van der Waals surface area contributed by atoms with E-state index in [2.05, 4.69) is 49.7 Å². The van der Waals surface area contributed by atoms with E-state index in [1.54, 1.807) is 0 Å². The van der Waals surface area contributed by atoms with Crippen molar-refractivity contribution in [1.29, 1.82) is 0 Å². The molecule has 1 amide bonds. The number of nitrogens with zero attached hydrogens (tertiary/aromatic N) is 3. The van der Waals surface area contributed by atoms with Crippen molar-refractivity contribution < 1.29 is 4.79 Å². The first-order valence-electron chi connectivity index (χ1n) is 7.63. The zero-order valence-electron chi connectivity index (χ0n) is 13.2. The minimum absolute atomic E-state index is 0.118. The average Bonchev–Trinajstić information content (AvgIpc) is 2.63. The van der Waals surface area contributed by atoms with Crippen molar-refractivity contribution in [3.8, 4) is 0 Å². The second-order valence-corrected chi connectivity index (χ2v) is 7.28. The molecule has 0 spiro atoms. The molecule has 0 unspecified atom stereocenters. The summed E-state index contributed by atoms with van der Waals surface area (Å²) in [4.78, 5) is 23.2. The minimum atomic E-state index is -0.118. The first-order chi connectivity index (χ1) is 11.0. The van der Waals surface area contributed by atoms with Crippen molar-refractivity contribution in [3.63, 3.8) is 0 Å². The lowest BCUT2D eigenvalue weighted by Crippen LogP contribution is -2.24. The number of amides is 1. The maximum atomic E-state index is 12.2. The lowest BCUT2D eigenvalue weighted by Gasteiger charge is -2.21. The van der Waals surface area contributed by atoms with Crippen LogP contribution < -0.4 is 0 Å². The Morgan fingerprint density at radius 3 is 2.91 bits per heavy atom. The number of aliphatic imine (C=N–C) groups is 2. The molecule has 0 fully saturated rings. The van der Waals surface area contributed by atoms with Crippen LogP contribution in [0.15, 0.2) is 56.2 Å². The fourth-order valence-corrected chi connectivity index (χ4v) is 3.08. The highest BCUT2D eigenvalue weighted by Gasteiger charge is 2.21. The van der Waals surface area contributed by atoms with E-state index in [4.69, 9.17) is 0 Å². The second-order valence-electron chi connectivity index (χ2n) is 6.03. The average molecular weight is 419 g/mol. The topological polar surface area (TPSA) is 45.0 Å². The van der Waals surface area contributed by atoms with Crippen molar-refractivity contribution in [3.05, 3.63) is 57.3 Å². The summed E-state index contributed by atoms with van der Waals surface area (Å²) >= 11 is 2.29. The lowest BCUT2D eigenvalue weighted by molar-refractivity contribution is -0.118. The van der Waals surface area contributed by atoms with Crippen molar-refractivity contribution in [2.24, 2.45) is 15.9 Å². The van der Waals surface area contributed by atoms with E-state index in [9.17, 15) is 4.79 Å². The number of hydrogen-bond donors (Lipinski definition) is 0. The molecule has 23 heavy (non-hydrogen) atoms. The first-order valence-corrected chi connectivity index (χ1v) is 8.71. The van der Waals surface area contributed by atoms with Gasteiger partial charge in [0.1, 0.15) is 5.84 Å². The van der Waals surface area contributed by atoms with E-state index in [1.165, 1.54) is 0 Å². The number of allylic oxidation sites excluding steroid dienone is 2. The molecule has 0 saturated carbocycles. The fourth-order valence-electron chi connectivity index (χ4n) is 2.56. The maximum absolute atomic E-state index is 12.2. The third-order valence-corrected chi connectivity index (χ3v) is 4.24. The first kappa shape index (κ1) is 16.1. The Hall–Kier alpha value is -1.76. The quantitative estimate of drug-likeness (QED) is 0.679. The van der Waals surface area contributed by atoms with Gasteiger partial charge in [0.05, 0.1) is 0 Å². The molecule has 118 valence electrons. The summed E-state index contributed by atoms with van der Waals surface area (Å²) in [6.45, 7) is 4.76. The molecule has 4 nitrogen and oxygen atoms in total. The molecule has 1 aromatic rings. The Morgan fingerprint density at radius 2 is 2.13 bits per heavy atom. The molecule has 0 radical (unpaired) electrons. The number of fused-ring (bicyclic) bond motifs is 2. The molecular formula is C18H18IN3O. The number of carbonyl (C=O) groups excluding carboxylic acids is 1. The third-order valence-electron chi connectivity index (χ3n) is 3.60. The van der Waals surface area contributed by atoms with Crippen LogP contribution in [0.1, 0.15) is 31.4 Å². The molecule has 2 aliphatic heterocycles. The van der Waals surface area contributed by atoms with E-state index >= 15 is 0 Å². The molecule has 0 N–H and O–H groups in total. The van der Waals surface area contributed by atoms with Crippen molar-refractivity contribution in [1.82, 2.24) is 4.90 Å². The summed E-state index contributed by atoms with van der Waals surface area (Å²) in [6.07, 6.45) is 6.48. The van der Waals surface area contributed by atoms with Crippen molar-refractivity contribution >= 4 is 40.2 Å². The minimum Gasteiger partial charge on any atom is -0.327 e. The molecule has 0 aromatic heterocycles. The normalized spacial score (nSPS) is 18.3. The summed E-state index contributed by atoms with van der Waals surface area (Å²) in [6, 6.07) is 8.01. The summed E-state index contributed by atoms with van der Waals surface area (Å²) in [7, 11) is 0. The Kier molecular flexibility index (Phi) is 4.75. The zero-order chi connectivity index (χ0) is 16.4. The van der Waals surface area contributed by atoms with Crippen LogP contribution in [0.2, 0.25) is 0 Å². The molecule has 2 aliphatic rings. The van der Waals surface area contributed by atoms with E-state index < -0.39 is 0 Å². The third kappa shape index (κ3) is 3.77. The van der Waals surface area contributed by atoms with Gasteiger partial charge in [0.25, 0.3) is 0 Å². The maximum Gasteiger partial charge on any atom is 0.247 e. The number of rotatable bonds is 2. The van der Waals surface area contributed by atoms with Gasteiger partial charge in [-0.15, -0.1) is 0 Å². The number of carbonyl (C=O) groups is 1. The molecule has 1 aromatic carbocycles. The number of hydrogen-bond acceptors (Lipinski definition) is 2. The molecule has 0 atom stereocenters. The molecule has 3 rings (SSSR count). The van der Waals surface area contributed by atoms with E-state index in [-0.39, 0.29) is 11.8 Å². The summed E-state index contributed by atoms with van der Waals surface area (Å²) in [5.74, 6) is 1.50. The second kappa shape index (κ2) is 6.78. The van der Waals surface area contributed by atoms with Crippen LogP contribution in [0, 0.1) is 5.92 Å². The van der Waals surface area contributed by atoms with Crippen LogP contribution in [0.3, 0.4) is 0 Å². The van der Waals surface area contributed by atoms with Gasteiger partial charge in [-0.1, -0.05) is 38.1 Å². The van der Waals surface area contributed by atoms with Crippen LogP contribution in [0.4, 0.5) is 0 Å². The Labute approximate surface area is 149 Å². The van der Waals surface area contributed by atoms with Crippen LogP contribution in [0.25, 0.3) is 0 Å². The van der Waals surface area contributed by atoms with Crippen LogP contribution in [0.5, 0.6) is 0 Å². The van der Waals surface area contributed by atoms with Gasteiger partial charge < -0.3 is 4.90 Å². The van der Waals surface area contributed by atoms with Crippen LogP contribution in [-0.4, -0.2) is 22.5 Å². The van der Waals surface area contributed by atoms with E-state index in [1.807, 2.05) is 44.2 Å². The number of amidine groups is 2. The molecule has 0 bridgehead atoms. The van der Waals surface area contributed by atoms with Gasteiger partial charge in [-0.05, 0) is 46.2 Å². The lowest BCUT2D eigenvalue weighted by atomic mass is 10.1. The van der Waals surface area contributed by atoms with Gasteiger partial charge in [-0.2, -0.15) is 4.99 Å². The van der Waals surface area contributed by atoms with Crippen LogP contribution in [-0.2, 0) is 11.3 Å². The highest BCUT2D eigenvalue weighted by atomic mass is 127. The summed E-state index contributed by atoms with van der Waals surface area (Å²) in [5.41, 5.74) is 2.06. The van der Waals surface area contributed by atoms with Crippen molar-refractivity contribution in [2.75, 3.05) is 0 Å². The van der Waals surface area contributed by atoms with E-state index in [0.29, 0.717) is 12.3 Å². The van der Waals surface area contributed by atoms with Crippen LogP contribution >= 0.6 is 22.6 Å². The van der Waals surface area contributed by atoms with Crippen molar-refractivity contribution in [2.45, 2.75) is 26.8 Å². The number of halogens is 1. The largest absolute Gasteiger partial charge is 0.327 e. The Bertz CT molecular complexity index is 759. The van der Waals surface area contributed by atoms with Gasteiger partial charge >= 0.3 is 0 Å². The molecule has 5 heteroatoms. The van der Waals surface area contributed by atoms with Gasteiger partial charge in [0.2, 0.25) is 5.91 Å². The van der Waals surface area contributed by atoms with Gasteiger partial charge in [-0.25, -0.2) is 4.99 Å². The Morgan fingerprint density at radius 1 is 1.35 bits per heavy atom. The summed E-state index contributed by atoms with van der Waals surface area (Å²) < 4.78 is 1.15. The van der Waals surface area contributed by atoms with Gasteiger partial charge in [-0.3, -0.25) is 4.79 Å². The van der Waals surface area contributed by atoms with Gasteiger partial charge in [0, 0.05) is 28.3 Å². The molecule has 0 aliphatic carbocycles. The van der Waals surface area contributed by atoms with Gasteiger partial charge in [0.15, 0.2) is 5.84 Å². The number of benzene rings is 1. The highest BCUT2D eigenvalue weighted by Crippen LogP contribution is 2.24. The smallest absolute Gasteiger partial charge is 0.247 e. The fraction of sp³-hybridized carbons (Fsp3) is 0.278. The predicted octanol–water partition coefficient (Wildman–Crippen LogP) is 4.07. The monoisotopic (exact) mass is 419 g/mol. The predicted molar refractivity (Wildman–Crippen MR) is 102 cm³/mol. The molecule has 2 heterocycles. The summed E-state index contributed by atoms with van der Waals surface area (Å²) in [5, 5.41) is 0. The molecule has 0 saturated heterocycles. The van der Waals surface area contributed by atoms with E-state index in [0.717, 1.165) is 27.1 Å².